The molecule has 0 aliphatic heterocycles. The average Bonchev–Trinajstić information content (AvgIpc) is 3.08. The molecule has 1 aliphatic rings. The number of nitrogens with zero attached hydrogens (tertiary/aromatic N) is 1. The van der Waals surface area contributed by atoms with Crippen LogP contribution in [0.2, 0.25) is 0 Å². The van der Waals surface area contributed by atoms with E-state index in [0.29, 0.717) is 28.7 Å². The van der Waals surface area contributed by atoms with Crippen LogP contribution in [-0.4, -0.2) is 12.0 Å². The van der Waals surface area contributed by atoms with Gasteiger partial charge in [0.2, 0.25) is 0 Å². The Bertz CT molecular complexity index is 896. The predicted molar refractivity (Wildman–Crippen MR) is 118 cm³/mol. The minimum Gasteiger partial charge on any atom is -0.481 e. The molecule has 0 fully saturated rings. The summed E-state index contributed by atoms with van der Waals surface area (Å²) < 4.78 is 5.86. The number of hydrogen-bond donors (Lipinski definition) is 1. The number of nitriles is 1. The predicted octanol–water partition coefficient (Wildman–Crippen LogP) is 5.96. The van der Waals surface area contributed by atoms with Gasteiger partial charge < -0.3 is 10.1 Å². The summed E-state index contributed by atoms with van der Waals surface area (Å²) in [7, 11) is 0. The van der Waals surface area contributed by atoms with Crippen molar-refractivity contribution in [2.75, 3.05) is 5.32 Å². The van der Waals surface area contributed by atoms with E-state index < -0.39 is 6.10 Å². The van der Waals surface area contributed by atoms with Crippen molar-refractivity contribution >= 4 is 22.2 Å². The quantitative estimate of drug-likeness (QED) is 0.613. The Kier molecular flexibility index (Phi) is 6.64. The highest BCUT2D eigenvalue weighted by molar-refractivity contribution is 7.16. The maximum absolute atomic E-state index is 12.9. The molecule has 0 radical (unpaired) electrons. The third-order valence-corrected chi connectivity index (χ3v) is 7.48. The van der Waals surface area contributed by atoms with Crippen molar-refractivity contribution < 1.29 is 9.53 Å². The molecule has 0 spiro atoms. The molecule has 2 aromatic rings. The SMILES string of the molecule is CC[C@@H](Oc1ccccc1)C(=O)Nc1sc2c(c1C#N)CC[C@@H](C(C)(C)CC)C2. The molecule has 0 unspecified atom stereocenters. The van der Waals surface area contributed by atoms with Gasteiger partial charge in [-0.25, -0.2) is 0 Å². The highest BCUT2D eigenvalue weighted by Crippen LogP contribution is 2.45. The Hall–Kier alpha value is -2.32. The van der Waals surface area contributed by atoms with E-state index in [-0.39, 0.29) is 11.3 Å². The van der Waals surface area contributed by atoms with E-state index in [0.717, 1.165) is 31.2 Å². The highest BCUT2D eigenvalue weighted by atomic mass is 32.1. The van der Waals surface area contributed by atoms with E-state index in [1.807, 2.05) is 37.3 Å². The zero-order chi connectivity index (χ0) is 21.0. The normalized spacial score (nSPS) is 17.1. The maximum atomic E-state index is 12.9. The fourth-order valence-corrected chi connectivity index (χ4v) is 5.21. The van der Waals surface area contributed by atoms with Gasteiger partial charge in [0, 0.05) is 4.88 Å². The molecule has 5 heteroatoms. The second-order valence-corrected chi connectivity index (χ2v) is 9.52. The van der Waals surface area contributed by atoms with Gasteiger partial charge in [0.1, 0.15) is 16.8 Å². The molecular formula is C24H30N2O2S. The fraction of sp³-hybridized carbons (Fsp3) is 0.500. The largest absolute Gasteiger partial charge is 0.481 e. The number of fused-ring (bicyclic) bond motifs is 1. The van der Waals surface area contributed by atoms with Crippen LogP contribution in [0.5, 0.6) is 5.75 Å². The lowest BCUT2D eigenvalue weighted by Crippen LogP contribution is -2.32. The van der Waals surface area contributed by atoms with Crippen molar-refractivity contribution in [1.82, 2.24) is 0 Å². The molecule has 0 bridgehead atoms. The van der Waals surface area contributed by atoms with Crippen molar-refractivity contribution in [2.24, 2.45) is 11.3 Å². The highest BCUT2D eigenvalue weighted by Gasteiger charge is 2.34. The molecule has 4 nitrogen and oxygen atoms in total. The topological polar surface area (TPSA) is 62.1 Å². The third kappa shape index (κ3) is 4.64. The van der Waals surface area contributed by atoms with Gasteiger partial charge in [-0.2, -0.15) is 5.26 Å². The van der Waals surface area contributed by atoms with E-state index in [2.05, 4.69) is 32.2 Å². The molecule has 154 valence electrons. The zero-order valence-corrected chi connectivity index (χ0v) is 18.6. The molecule has 3 rings (SSSR count). The molecule has 1 N–H and O–H groups in total. The third-order valence-electron chi connectivity index (χ3n) is 6.31. The number of thiophene rings is 1. The van der Waals surface area contributed by atoms with Crippen molar-refractivity contribution in [3.63, 3.8) is 0 Å². The van der Waals surface area contributed by atoms with E-state index in [1.54, 1.807) is 11.3 Å². The first-order valence-corrected chi connectivity index (χ1v) is 11.3. The summed E-state index contributed by atoms with van der Waals surface area (Å²) in [5.41, 5.74) is 2.06. The van der Waals surface area contributed by atoms with Gasteiger partial charge in [0.15, 0.2) is 6.10 Å². The number of rotatable bonds is 7. The molecule has 1 aromatic carbocycles. The monoisotopic (exact) mass is 410 g/mol. The van der Waals surface area contributed by atoms with Crippen LogP contribution in [0.1, 0.15) is 63.0 Å². The van der Waals surface area contributed by atoms with Crippen LogP contribution in [-0.2, 0) is 17.6 Å². The second kappa shape index (κ2) is 9.00. The van der Waals surface area contributed by atoms with Gasteiger partial charge in [-0.15, -0.1) is 11.3 Å². The number of hydrogen-bond acceptors (Lipinski definition) is 4. The van der Waals surface area contributed by atoms with E-state index in [1.165, 1.54) is 4.88 Å². The van der Waals surface area contributed by atoms with E-state index >= 15 is 0 Å². The summed E-state index contributed by atoms with van der Waals surface area (Å²) in [6.45, 7) is 8.83. The minimum absolute atomic E-state index is 0.197. The number of para-hydroxylation sites is 1. The summed E-state index contributed by atoms with van der Waals surface area (Å²) in [5, 5.41) is 13.4. The first kappa shape index (κ1) is 21.4. The lowest BCUT2D eigenvalue weighted by Gasteiger charge is -2.36. The van der Waals surface area contributed by atoms with Gasteiger partial charge in [0.25, 0.3) is 5.91 Å². The van der Waals surface area contributed by atoms with E-state index in [9.17, 15) is 10.1 Å². The van der Waals surface area contributed by atoms with Crippen molar-refractivity contribution in [3.05, 3.63) is 46.3 Å². The Morgan fingerprint density at radius 1 is 1.34 bits per heavy atom. The number of amides is 1. The number of benzene rings is 1. The standard InChI is InChI=1S/C24H30N2O2S/c1-5-20(28-17-10-8-7-9-11-17)22(27)26-23-19(15-25)18-13-12-16(14-21(18)29-23)24(3,4)6-2/h7-11,16,20H,5-6,12-14H2,1-4H3,(H,26,27)/t16-,20-/m1/s1. The number of ether oxygens (including phenoxy) is 1. The molecule has 0 saturated heterocycles. The van der Waals surface area contributed by atoms with Crippen LogP contribution >= 0.6 is 11.3 Å². The summed E-state index contributed by atoms with van der Waals surface area (Å²) in [6, 6.07) is 11.7. The Balaban J connectivity index is 1.78. The molecule has 1 aliphatic carbocycles. The molecule has 1 heterocycles. The van der Waals surface area contributed by atoms with Crippen LogP contribution < -0.4 is 10.1 Å². The fourth-order valence-electron chi connectivity index (χ4n) is 3.93. The molecule has 29 heavy (non-hydrogen) atoms. The maximum Gasteiger partial charge on any atom is 0.266 e. The first-order valence-electron chi connectivity index (χ1n) is 10.5. The van der Waals surface area contributed by atoms with Crippen molar-refractivity contribution in [2.45, 2.75) is 65.9 Å². The first-order chi connectivity index (χ1) is 13.9. The number of carbonyl (C=O) groups excluding carboxylic acids is 1. The average molecular weight is 411 g/mol. The second-order valence-electron chi connectivity index (χ2n) is 8.42. The van der Waals surface area contributed by atoms with Gasteiger partial charge >= 0.3 is 0 Å². The lowest BCUT2D eigenvalue weighted by atomic mass is 9.69. The van der Waals surface area contributed by atoms with Crippen molar-refractivity contribution in [3.8, 4) is 11.8 Å². The zero-order valence-electron chi connectivity index (χ0n) is 17.7. The van der Waals surface area contributed by atoms with Crippen molar-refractivity contribution in [1.29, 1.82) is 5.26 Å². The minimum atomic E-state index is -0.588. The van der Waals surface area contributed by atoms with E-state index in [4.69, 9.17) is 4.74 Å². The van der Waals surface area contributed by atoms with Crippen LogP contribution in [0.25, 0.3) is 0 Å². The molecule has 2 atom stereocenters. The van der Waals surface area contributed by atoms with Gasteiger partial charge in [-0.1, -0.05) is 52.3 Å². The molecule has 1 aromatic heterocycles. The van der Waals surface area contributed by atoms with Crippen LogP contribution in [0.15, 0.2) is 30.3 Å². The molecule has 0 saturated carbocycles. The number of anilines is 1. The Labute approximate surface area is 177 Å². The van der Waals surface area contributed by atoms with Crippen LogP contribution in [0.3, 0.4) is 0 Å². The summed E-state index contributed by atoms with van der Waals surface area (Å²) in [6.07, 6.45) is 4.11. The summed E-state index contributed by atoms with van der Waals surface area (Å²) in [5.74, 6) is 1.08. The summed E-state index contributed by atoms with van der Waals surface area (Å²) >= 11 is 1.57. The number of carbonyl (C=O) groups is 1. The smallest absolute Gasteiger partial charge is 0.266 e. The molecular weight excluding hydrogens is 380 g/mol. The lowest BCUT2D eigenvalue weighted by molar-refractivity contribution is -0.122. The number of nitrogens with one attached hydrogen (secondary N) is 1. The van der Waals surface area contributed by atoms with Gasteiger partial charge in [-0.3, -0.25) is 4.79 Å². The Morgan fingerprint density at radius 2 is 2.07 bits per heavy atom. The van der Waals surface area contributed by atoms with Gasteiger partial charge in [-0.05, 0) is 54.7 Å². The van der Waals surface area contributed by atoms with Crippen LogP contribution in [0.4, 0.5) is 5.00 Å². The van der Waals surface area contributed by atoms with Gasteiger partial charge in [0.05, 0.1) is 5.56 Å². The summed E-state index contributed by atoms with van der Waals surface area (Å²) in [4.78, 5) is 14.1. The van der Waals surface area contributed by atoms with Crippen LogP contribution in [0, 0.1) is 22.7 Å². The molecule has 1 amide bonds. The Morgan fingerprint density at radius 3 is 2.69 bits per heavy atom.